The highest BCUT2D eigenvalue weighted by atomic mass is 35.5. The van der Waals surface area contributed by atoms with E-state index in [1.807, 2.05) is 19.1 Å². The number of ether oxygens (including phenoxy) is 1. The number of methoxy groups -OCH3 is 1. The van der Waals surface area contributed by atoms with Gasteiger partial charge in [-0.25, -0.2) is 8.42 Å². The summed E-state index contributed by atoms with van der Waals surface area (Å²) < 4.78 is 32.7. The minimum Gasteiger partial charge on any atom is -0.381 e. The van der Waals surface area contributed by atoms with Gasteiger partial charge in [-0.1, -0.05) is 24.3 Å². The SMILES string of the molecule is COC1CCN(C2C=CC(N(C)S(=O)(=O)c3cccc(C)c3)C2)CC1.Cl. The van der Waals surface area contributed by atoms with E-state index in [2.05, 4.69) is 11.0 Å². The third-order valence-electron chi connectivity index (χ3n) is 5.45. The normalized spacial score (nSPS) is 24.8. The summed E-state index contributed by atoms with van der Waals surface area (Å²) >= 11 is 0. The van der Waals surface area contributed by atoms with Crippen molar-refractivity contribution in [3.63, 3.8) is 0 Å². The zero-order valence-corrected chi connectivity index (χ0v) is 17.3. The summed E-state index contributed by atoms with van der Waals surface area (Å²) in [7, 11) is -0.00676. The maximum atomic E-state index is 12.9. The van der Waals surface area contributed by atoms with E-state index in [-0.39, 0.29) is 18.4 Å². The fourth-order valence-electron chi connectivity index (χ4n) is 3.76. The van der Waals surface area contributed by atoms with Crippen molar-refractivity contribution in [3.8, 4) is 0 Å². The zero-order valence-electron chi connectivity index (χ0n) is 15.7. The highest BCUT2D eigenvalue weighted by Crippen LogP contribution is 2.27. The van der Waals surface area contributed by atoms with Crippen LogP contribution in [0.3, 0.4) is 0 Å². The van der Waals surface area contributed by atoms with Crippen molar-refractivity contribution >= 4 is 22.4 Å². The van der Waals surface area contributed by atoms with Crippen molar-refractivity contribution in [2.75, 3.05) is 27.2 Å². The van der Waals surface area contributed by atoms with Crippen molar-refractivity contribution in [2.24, 2.45) is 0 Å². The molecule has 2 atom stereocenters. The highest BCUT2D eigenvalue weighted by molar-refractivity contribution is 7.89. The monoisotopic (exact) mass is 400 g/mol. The second-order valence-electron chi connectivity index (χ2n) is 7.06. The molecule has 1 aromatic carbocycles. The average Bonchev–Trinajstić information content (AvgIpc) is 3.11. The molecule has 3 rings (SSSR count). The zero-order chi connectivity index (χ0) is 18.0. The lowest BCUT2D eigenvalue weighted by Crippen LogP contribution is -2.43. The molecule has 2 aliphatic rings. The Bertz CT molecular complexity index is 730. The number of halogens is 1. The number of nitrogens with zero attached hydrogens (tertiary/aromatic N) is 2. The van der Waals surface area contributed by atoms with E-state index in [9.17, 15) is 8.42 Å². The molecule has 0 spiro atoms. The van der Waals surface area contributed by atoms with Crippen molar-refractivity contribution in [1.82, 2.24) is 9.21 Å². The standard InChI is InChI=1S/C19H28N2O3S.ClH/c1-15-5-4-6-19(13-15)25(22,23)20(2)16-7-8-17(14-16)21-11-9-18(24-3)10-12-21;/h4-8,13,16-18H,9-12,14H2,1-3H3;1H. The van der Waals surface area contributed by atoms with Crippen molar-refractivity contribution in [2.45, 2.75) is 49.3 Å². The first-order valence-electron chi connectivity index (χ1n) is 8.91. The lowest BCUT2D eigenvalue weighted by molar-refractivity contribution is 0.0324. The fourth-order valence-corrected chi connectivity index (χ4v) is 5.20. The number of sulfonamides is 1. The van der Waals surface area contributed by atoms with Gasteiger partial charge in [0.25, 0.3) is 0 Å². The van der Waals surface area contributed by atoms with E-state index >= 15 is 0 Å². The van der Waals surface area contributed by atoms with E-state index in [1.165, 1.54) is 4.31 Å². The van der Waals surface area contributed by atoms with Crippen LogP contribution in [0.1, 0.15) is 24.8 Å². The van der Waals surface area contributed by atoms with Crippen LogP contribution in [0.25, 0.3) is 0 Å². The second kappa shape index (κ2) is 8.85. The summed E-state index contributed by atoms with van der Waals surface area (Å²) in [6.45, 7) is 3.93. The number of aryl methyl sites for hydroxylation is 1. The molecule has 146 valence electrons. The lowest BCUT2D eigenvalue weighted by atomic mass is 10.0. The number of hydrogen-bond acceptors (Lipinski definition) is 4. The van der Waals surface area contributed by atoms with E-state index in [0.717, 1.165) is 37.9 Å². The van der Waals surface area contributed by atoms with Crippen LogP contribution < -0.4 is 0 Å². The van der Waals surface area contributed by atoms with Crippen LogP contribution in [-0.4, -0.2) is 63.1 Å². The first-order valence-corrected chi connectivity index (χ1v) is 10.4. The van der Waals surface area contributed by atoms with Crippen LogP contribution in [0.2, 0.25) is 0 Å². The molecular formula is C19H29ClN2O3S. The number of likely N-dealkylation sites (N-methyl/N-ethyl adjacent to an activating group) is 1. The first kappa shape index (κ1) is 21.4. The van der Waals surface area contributed by atoms with Gasteiger partial charge in [0.2, 0.25) is 10.0 Å². The van der Waals surface area contributed by atoms with Crippen LogP contribution in [0.15, 0.2) is 41.3 Å². The largest absolute Gasteiger partial charge is 0.381 e. The Morgan fingerprint density at radius 2 is 1.88 bits per heavy atom. The van der Waals surface area contributed by atoms with Gasteiger partial charge in [0.05, 0.1) is 11.0 Å². The van der Waals surface area contributed by atoms with Gasteiger partial charge in [0.1, 0.15) is 0 Å². The smallest absolute Gasteiger partial charge is 0.243 e. The minimum absolute atomic E-state index is 0. The number of likely N-dealkylation sites (tertiary alicyclic amines) is 1. The topological polar surface area (TPSA) is 49.9 Å². The first-order chi connectivity index (χ1) is 11.9. The van der Waals surface area contributed by atoms with Crippen molar-refractivity contribution < 1.29 is 13.2 Å². The van der Waals surface area contributed by atoms with Gasteiger partial charge in [-0.15, -0.1) is 12.4 Å². The van der Waals surface area contributed by atoms with Crippen molar-refractivity contribution in [3.05, 3.63) is 42.0 Å². The highest BCUT2D eigenvalue weighted by Gasteiger charge is 2.34. The predicted octanol–water partition coefficient (Wildman–Crippen LogP) is 2.85. The Labute approximate surface area is 163 Å². The number of hydrogen-bond donors (Lipinski definition) is 0. The molecule has 1 fully saturated rings. The molecule has 0 aromatic heterocycles. The maximum absolute atomic E-state index is 12.9. The van der Waals surface area contributed by atoms with Gasteiger partial charge in [-0.05, 0) is 43.9 Å². The number of benzene rings is 1. The third kappa shape index (κ3) is 4.49. The molecule has 5 nitrogen and oxygen atoms in total. The minimum atomic E-state index is -3.47. The predicted molar refractivity (Wildman–Crippen MR) is 106 cm³/mol. The molecule has 1 aromatic rings. The summed E-state index contributed by atoms with van der Waals surface area (Å²) in [4.78, 5) is 2.81. The summed E-state index contributed by atoms with van der Waals surface area (Å²) in [5, 5.41) is 0. The molecule has 0 bridgehead atoms. The molecule has 1 aliphatic heterocycles. The van der Waals surface area contributed by atoms with E-state index in [4.69, 9.17) is 4.74 Å². The summed E-state index contributed by atoms with van der Waals surface area (Å²) in [5.74, 6) is 0. The Balaban J connectivity index is 0.00000243. The van der Waals surface area contributed by atoms with Crippen molar-refractivity contribution in [1.29, 1.82) is 0 Å². The summed E-state index contributed by atoms with van der Waals surface area (Å²) in [5.41, 5.74) is 0.954. The molecule has 0 saturated carbocycles. The lowest BCUT2D eigenvalue weighted by Gasteiger charge is -2.35. The Hall–Kier alpha value is -0.920. The Morgan fingerprint density at radius 3 is 2.50 bits per heavy atom. The molecule has 2 unspecified atom stereocenters. The summed E-state index contributed by atoms with van der Waals surface area (Å²) in [6.07, 6.45) is 7.48. The van der Waals surface area contributed by atoms with E-state index < -0.39 is 10.0 Å². The average molecular weight is 401 g/mol. The fraction of sp³-hybridized carbons (Fsp3) is 0.579. The van der Waals surface area contributed by atoms with E-state index in [0.29, 0.717) is 17.0 Å². The third-order valence-corrected chi connectivity index (χ3v) is 7.33. The quantitative estimate of drug-likeness (QED) is 0.713. The molecule has 7 heteroatoms. The molecule has 1 aliphatic carbocycles. The van der Waals surface area contributed by atoms with Gasteiger partial charge in [0.15, 0.2) is 0 Å². The summed E-state index contributed by atoms with van der Waals surface area (Å²) in [6, 6.07) is 7.34. The van der Waals surface area contributed by atoms with Crippen LogP contribution in [-0.2, 0) is 14.8 Å². The van der Waals surface area contributed by atoms with E-state index in [1.54, 1.807) is 32.4 Å². The Morgan fingerprint density at radius 1 is 1.19 bits per heavy atom. The van der Waals surface area contributed by atoms with Gasteiger partial charge in [-0.2, -0.15) is 4.31 Å². The molecule has 26 heavy (non-hydrogen) atoms. The molecule has 0 radical (unpaired) electrons. The molecule has 1 heterocycles. The number of rotatable bonds is 5. The molecule has 1 saturated heterocycles. The van der Waals surface area contributed by atoms with Crippen LogP contribution in [0.4, 0.5) is 0 Å². The number of piperidine rings is 1. The van der Waals surface area contributed by atoms with Crippen LogP contribution >= 0.6 is 12.4 Å². The molecule has 0 N–H and O–H groups in total. The van der Waals surface area contributed by atoms with Gasteiger partial charge in [-0.3, -0.25) is 4.90 Å². The second-order valence-corrected chi connectivity index (χ2v) is 9.06. The van der Waals surface area contributed by atoms with Gasteiger partial charge in [0, 0.05) is 39.3 Å². The molecule has 0 amide bonds. The van der Waals surface area contributed by atoms with Gasteiger partial charge < -0.3 is 4.74 Å². The van der Waals surface area contributed by atoms with Crippen LogP contribution in [0.5, 0.6) is 0 Å². The van der Waals surface area contributed by atoms with Gasteiger partial charge >= 0.3 is 0 Å². The maximum Gasteiger partial charge on any atom is 0.243 e. The Kier molecular flexibility index (Phi) is 7.27. The molecular weight excluding hydrogens is 372 g/mol. The van der Waals surface area contributed by atoms with Crippen LogP contribution in [0, 0.1) is 6.92 Å².